The molecule has 4 heterocycles. The van der Waals surface area contributed by atoms with Crippen LogP contribution in [0, 0.1) is 5.92 Å². The van der Waals surface area contributed by atoms with E-state index in [9.17, 15) is 26.7 Å². The number of hydrogen-bond donors (Lipinski definition) is 1. The van der Waals surface area contributed by atoms with E-state index in [1.165, 1.54) is 13.0 Å². The van der Waals surface area contributed by atoms with E-state index in [4.69, 9.17) is 0 Å². The van der Waals surface area contributed by atoms with Crippen LogP contribution in [0.4, 0.5) is 22.0 Å². The van der Waals surface area contributed by atoms with Gasteiger partial charge in [-0.1, -0.05) is 25.5 Å². The second-order valence-electron chi connectivity index (χ2n) is 11.2. The lowest BCUT2D eigenvalue weighted by molar-refractivity contribution is -0.136. The summed E-state index contributed by atoms with van der Waals surface area (Å²) in [5, 5.41) is 8.08. The third kappa shape index (κ3) is 4.32. The second kappa shape index (κ2) is 9.25. The molecule has 2 fully saturated rings. The van der Waals surface area contributed by atoms with Gasteiger partial charge in [-0.2, -0.15) is 13.2 Å². The molecule has 4 aromatic rings. The Hall–Kier alpha value is -3.54. The molecule has 1 saturated carbocycles. The molecule has 6 rings (SSSR count). The van der Waals surface area contributed by atoms with Crippen molar-refractivity contribution in [2.45, 2.75) is 56.7 Å². The summed E-state index contributed by atoms with van der Waals surface area (Å²) >= 11 is 0. The fraction of sp³-hybridized carbons (Fsp3) is 0.464. The summed E-state index contributed by atoms with van der Waals surface area (Å²) in [6, 6.07) is 8.31. The molecule has 0 amide bonds. The van der Waals surface area contributed by atoms with Crippen LogP contribution in [0.1, 0.15) is 55.3 Å². The number of aryl methyl sites for hydroxylation is 1. The number of piperidine rings is 1. The van der Waals surface area contributed by atoms with Crippen molar-refractivity contribution in [3.63, 3.8) is 0 Å². The largest absolute Gasteiger partial charge is 0.418 e. The Labute approximate surface area is 226 Å². The SMILES string of the molecule is C[C@H]1CN(Cc2cc3c(C(F)(F)F)cn(-c4cccc(C5(c6nncn6C)CCC5)c4)c(=O)c3[nH]2)CCC1(F)F. The van der Waals surface area contributed by atoms with Gasteiger partial charge < -0.3 is 9.55 Å². The Morgan fingerprint density at radius 2 is 1.93 bits per heavy atom. The molecule has 1 aliphatic carbocycles. The minimum atomic E-state index is -4.72. The average molecular weight is 561 g/mol. The summed E-state index contributed by atoms with van der Waals surface area (Å²) in [7, 11) is 1.85. The van der Waals surface area contributed by atoms with E-state index in [0.29, 0.717) is 11.4 Å². The number of nitrogens with zero attached hydrogens (tertiary/aromatic N) is 5. The molecule has 0 radical (unpaired) electrons. The fourth-order valence-corrected chi connectivity index (χ4v) is 6.16. The standard InChI is InChI=1S/C28H29F5N6O/c1-17-13-38(10-9-27(17,29)30)14-19-12-21-22(28(31,32)33)15-39(24(40)23(21)35-19)20-6-3-5-18(11-20)26(7-4-8-26)25-36-34-16-37(25)2/h3,5-6,11-12,15-17,35H,4,7-10,13-14H2,1-2H3/t17-/m0/s1. The normalized spacial score (nSPS) is 21.0. The highest BCUT2D eigenvalue weighted by Gasteiger charge is 2.44. The summed E-state index contributed by atoms with van der Waals surface area (Å²) < 4.78 is 73.6. The maximum absolute atomic E-state index is 14.3. The molecule has 1 aliphatic heterocycles. The minimum absolute atomic E-state index is 0.110. The molecule has 7 nitrogen and oxygen atoms in total. The lowest BCUT2D eigenvalue weighted by Gasteiger charge is -2.41. The number of likely N-dealkylation sites (tertiary alicyclic amines) is 1. The lowest BCUT2D eigenvalue weighted by Crippen LogP contribution is -2.45. The van der Waals surface area contributed by atoms with E-state index >= 15 is 0 Å². The highest BCUT2D eigenvalue weighted by atomic mass is 19.4. The first kappa shape index (κ1) is 26.7. The van der Waals surface area contributed by atoms with Gasteiger partial charge in [-0.25, -0.2) is 8.78 Å². The van der Waals surface area contributed by atoms with Crippen molar-refractivity contribution in [1.29, 1.82) is 0 Å². The van der Waals surface area contributed by atoms with Gasteiger partial charge in [-0.05, 0) is 36.6 Å². The van der Waals surface area contributed by atoms with Crippen molar-refractivity contribution < 1.29 is 22.0 Å². The Balaban J connectivity index is 1.42. The Bertz CT molecular complexity index is 1630. The van der Waals surface area contributed by atoms with Crippen molar-refractivity contribution in [3.05, 3.63) is 75.9 Å². The summed E-state index contributed by atoms with van der Waals surface area (Å²) in [5.74, 6) is -2.87. The molecule has 2 aliphatic rings. The van der Waals surface area contributed by atoms with Gasteiger partial charge >= 0.3 is 6.18 Å². The first-order chi connectivity index (χ1) is 18.9. The predicted molar refractivity (Wildman–Crippen MR) is 139 cm³/mol. The second-order valence-corrected chi connectivity index (χ2v) is 11.2. The van der Waals surface area contributed by atoms with Crippen LogP contribution in [0.3, 0.4) is 0 Å². The maximum atomic E-state index is 14.3. The summed E-state index contributed by atoms with van der Waals surface area (Å²) in [6.45, 7) is 1.83. The van der Waals surface area contributed by atoms with E-state index in [1.54, 1.807) is 29.4 Å². The van der Waals surface area contributed by atoms with Crippen LogP contribution in [-0.4, -0.2) is 48.2 Å². The molecule has 1 atom stereocenters. The summed E-state index contributed by atoms with van der Waals surface area (Å²) in [6.07, 6.45) is 0.0196. The van der Waals surface area contributed by atoms with Crippen molar-refractivity contribution in [2.24, 2.45) is 13.0 Å². The summed E-state index contributed by atoms with van der Waals surface area (Å²) in [5.41, 5.74) is -0.618. The van der Waals surface area contributed by atoms with Crippen LogP contribution in [0.15, 0.2) is 47.7 Å². The zero-order valence-electron chi connectivity index (χ0n) is 22.1. The van der Waals surface area contributed by atoms with Crippen molar-refractivity contribution in [2.75, 3.05) is 13.1 Å². The number of rotatable bonds is 5. The molecule has 1 saturated heterocycles. The molecule has 0 unspecified atom stereocenters. The third-order valence-electron chi connectivity index (χ3n) is 8.59. The quantitative estimate of drug-likeness (QED) is 0.331. The zero-order chi connectivity index (χ0) is 28.4. The number of benzene rings is 1. The molecule has 12 heteroatoms. The van der Waals surface area contributed by atoms with E-state index in [2.05, 4.69) is 15.2 Å². The number of hydrogen-bond acceptors (Lipinski definition) is 4. The molecule has 1 aromatic carbocycles. The maximum Gasteiger partial charge on any atom is 0.418 e. The van der Waals surface area contributed by atoms with Gasteiger partial charge in [0.15, 0.2) is 0 Å². The number of alkyl halides is 5. The van der Waals surface area contributed by atoms with E-state index < -0.39 is 34.6 Å². The van der Waals surface area contributed by atoms with Crippen LogP contribution in [-0.2, 0) is 25.2 Å². The smallest absolute Gasteiger partial charge is 0.353 e. The molecule has 1 N–H and O–H groups in total. The fourth-order valence-electron chi connectivity index (χ4n) is 6.16. The molecule has 0 spiro atoms. The molecule has 212 valence electrons. The van der Waals surface area contributed by atoms with Gasteiger partial charge in [0.25, 0.3) is 11.5 Å². The molecular formula is C28H29F5N6O. The van der Waals surface area contributed by atoms with Gasteiger partial charge in [0, 0.05) is 62.0 Å². The van der Waals surface area contributed by atoms with Crippen LogP contribution in [0.5, 0.6) is 0 Å². The van der Waals surface area contributed by atoms with Crippen molar-refractivity contribution in [1.82, 2.24) is 29.2 Å². The zero-order valence-corrected chi connectivity index (χ0v) is 22.1. The van der Waals surface area contributed by atoms with Crippen LogP contribution in [0.2, 0.25) is 0 Å². The number of aromatic nitrogens is 5. The van der Waals surface area contributed by atoms with Gasteiger partial charge in [0.2, 0.25) is 0 Å². The molecular weight excluding hydrogens is 531 g/mol. The average Bonchev–Trinajstić information content (AvgIpc) is 3.48. The predicted octanol–water partition coefficient (Wildman–Crippen LogP) is 5.41. The first-order valence-corrected chi connectivity index (χ1v) is 13.3. The van der Waals surface area contributed by atoms with Gasteiger partial charge in [0.1, 0.15) is 17.7 Å². The summed E-state index contributed by atoms with van der Waals surface area (Å²) in [4.78, 5) is 18.3. The highest BCUT2D eigenvalue weighted by Crippen LogP contribution is 2.48. The molecule has 40 heavy (non-hydrogen) atoms. The van der Waals surface area contributed by atoms with E-state index in [1.807, 2.05) is 17.7 Å². The number of H-pyrrole nitrogens is 1. The third-order valence-corrected chi connectivity index (χ3v) is 8.59. The number of aromatic amines is 1. The van der Waals surface area contributed by atoms with E-state index in [0.717, 1.165) is 41.4 Å². The number of fused-ring (bicyclic) bond motifs is 1. The Morgan fingerprint density at radius 1 is 1.15 bits per heavy atom. The van der Waals surface area contributed by atoms with E-state index in [-0.39, 0.29) is 37.0 Å². The number of nitrogens with one attached hydrogen (secondary N) is 1. The number of pyridine rings is 1. The minimum Gasteiger partial charge on any atom is -0.353 e. The highest BCUT2D eigenvalue weighted by molar-refractivity contribution is 5.84. The molecule has 0 bridgehead atoms. The lowest BCUT2D eigenvalue weighted by atomic mass is 9.63. The van der Waals surface area contributed by atoms with Gasteiger partial charge in [-0.3, -0.25) is 14.3 Å². The van der Waals surface area contributed by atoms with Crippen molar-refractivity contribution in [3.8, 4) is 5.69 Å². The van der Waals surface area contributed by atoms with Gasteiger partial charge in [-0.15, -0.1) is 10.2 Å². The molecule has 3 aromatic heterocycles. The number of halogens is 5. The topological polar surface area (TPSA) is 71.7 Å². The first-order valence-electron chi connectivity index (χ1n) is 13.3. The van der Waals surface area contributed by atoms with Crippen LogP contribution in [0.25, 0.3) is 16.6 Å². The Kier molecular flexibility index (Phi) is 6.17. The van der Waals surface area contributed by atoms with Crippen molar-refractivity contribution >= 4 is 10.9 Å². The van der Waals surface area contributed by atoms with Crippen LogP contribution >= 0.6 is 0 Å². The Morgan fingerprint density at radius 3 is 2.55 bits per heavy atom. The monoisotopic (exact) mass is 560 g/mol. The van der Waals surface area contributed by atoms with Gasteiger partial charge in [0.05, 0.1) is 11.0 Å². The van der Waals surface area contributed by atoms with Crippen LogP contribution < -0.4 is 5.56 Å².